The van der Waals surface area contributed by atoms with Gasteiger partial charge in [-0.3, -0.25) is 13.9 Å². The van der Waals surface area contributed by atoms with E-state index < -0.39 is 49.3 Å². The first-order valence-corrected chi connectivity index (χ1v) is 13.3. The van der Waals surface area contributed by atoms with E-state index in [0.717, 1.165) is 0 Å². The summed E-state index contributed by atoms with van der Waals surface area (Å²) in [6.45, 7) is 1.25. The molecule has 4 aromatic rings. The molecule has 4 atom stereocenters. The Kier molecular flexibility index (Phi) is 4.84. The maximum atomic E-state index is 13.6. The minimum Gasteiger partial charge on any atom is -0.476 e. The predicted octanol–water partition coefficient (Wildman–Crippen LogP) is 2.29. The molecule has 2 aliphatic rings. The van der Waals surface area contributed by atoms with E-state index in [1.807, 2.05) is 13.8 Å². The molecule has 0 bridgehead atoms. The molecule has 14 heteroatoms. The first-order chi connectivity index (χ1) is 22.0. The summed E-state index contributed by atoms with van der Waals surface area (Å²) in [5, 5.41) is 10.7. The van der Waals surface area contributed by atoms with Crippen LogP contribution >= 0.6 is 0 Å². The molecule has 2 fully saturated rings. The second-order valence-corrected chi connectivity index (χ2v) is 10.5. The van der Waals surface area contributed by atoms with Crippen molar-refractivity contribution in [1.29, 1.82) is 0 Å². The SMILES string of the molecule is [2H]C([2H])([2H])OC(=O)N[C@@H]1CC[C@@H](n2c(=O)n(C([2H])([2H])[2H])c3cnc(Nc4ccc5c(OCC)nn([C@@]6(C(N)=O)C[C@@H]6C)c5n4)cc32)C1. The van der Waals surface area contributed by atoms with E-state index in [1.165, 1.54) is 21.5 Å². The third kappa shape index (κ3) is 4.24. The summed E-state index contributed by atoms with van der Waals surface area (Å²) < 4.78 is 59.0. The Balaban J connectivity index is 1.35. The van der Waals surface area contributed by atoms with Crippen molar-refractivity contribution < 1.29 is 27.3 Å². The molecule has 2 saturated carbocycles. The van der Waals surface area contributed by atoms with Crippen LogP contribution in [0.25, 0.3) is 22.1 Å². The number of fused-ring (bicyclic) bond motifs is 2. The maximum absolute atomic E-state index is 13.6. The van der Waals surface area contributed by atoms with Gasteiger partial charge < -0.3 is 25.8 Å². The Morgan fingerprint density at radius 3 is 2.80 bits per heavy atom. The number of imidazole rings is 1. The number of nitrogens with one attached hydrogen (secondary N) is 2. The summed E-state index contributed by atoms with van der Waals surface area (Å²) >= 11 is 0. The number of anilines is 2. The van der Waals surface area contributed by atoms with E-state index in [1.54, 1.807) is 12.1 Å². The molecule has 2 amide bonds. The fourth-order valence-electron chi connectivity index (χ4n) is 5.90. The number of rotatable bonds is 8. The molecule has 2 aliphatic carbocycles. The molecule has 0 aromatic carbocycles. The van der Waals surface area contributed by atoms with Crippen molar-refractivity contribution in [2.75, 3.05) is 19.0 Å². The molecule has 4 N–H and O–H groups in total. The van der Waals surface area contributed by atoms with Crippen molar-refractivity contribution in [2.24, 2.45) is 18.6 Å². The van der Waals surface area contributed by atoms with Gasteiger partial charge in [-0.15, -0.1) is 5.10 Å². The van der Waals surface area contributed by atoms with Crippen LogP contribution in [0.1, 0.15) is 53.8 Å². The number of nitrogens with two attached hydrogens (primary N) is 1. The Bertz CT molecular complexity index is 1950. The number of alkyl carbamates (subject to hydrolysis) is 1. The largest absolute Gasteiger partial charge is 0.476 e. The third-order valence-corrected chi connectivity index (χ3v) is 8.06. The van der Waals surface area contributed by atoms with Crippen LogP contribution in [0.4, 0.5) is 16.4 Å². The summed E-state index contributed by atoms with van der Waals surface area (Å²) in [5.41, 5.74) is 4.71. The van der Waals surface area contributed by atoms with E-state index in [4.69, 9.17) is 23.7 Å². The highest BCUT2D eigenvalue weighted by Crippen LogP contribution is 2.51. The number of hydrogen-bond donors (Lipinski definition) is 3. The maximum Gasteiger partial charge on any atom is 0.407 e. The van der Waals surface area contributed by atoms with Gasteiger partial charge in [-0.05, 0) is 50.7 Å². The molecule has 0 unspecified atom stereocenters. The van der Waals surface area contributed by atoms with Crippen molar-refractivity contribution >= 4 is 45.7 Å². The van der Waals surface area contributed by atoms with Crippen LogP contribution in [-0.2, 0) is 22.0 Å². The van der Waals surface area contributed by atoms with Crippen molar-refractivity contribution in [3.05, 3.63) is 34.9 Å². The van der Waals surface area contributed by atoms with Gasteiger partial charge in [0.05, 0.1) is 40.4 Å². The number of carbonyl (C=O) groups excluding carboxylic acids is 2. The molecule has 0 spiro atoms. The first-order valence-electron chi connectivity index (χ1n) is 16.3. The molecule has 14 nitrogen and oxygen atoms in total. The van der Waals surface area contributed by atoms with Gasteiger partial charge in [-0.25, -0.2) is 24.2 Å². The molecule has 41 heavy (non-hydrogen) atoms. The van der Waals surface area contributed by atoms with Gasteiger partial charge in [-0.1, -0.05) is 6.92 Å². The molecule has 0 saturated heterocycles. The van der Waals surface area contributed by atoms with Gasteiger partial charge in [0.2, 0.25) is 11.8 Å². The molecule has 6 rings (SSSR count). The summed E-state index contributed by atoms with van der Waals surface area (Å²) in [4.78, 5) is 47.2. The van der Waals surface area contributed by atoms with Crippen LogP contribution in [0.3, 0.4) is 0 Å². The van der Waals surface area contributed by atoms with Gasteiger partial charge >= 0.3 is 11.8 Å². The zero-order valence-corrected chi connectivity index (χ0v) is 22.4. The number of carbonyl (C=O) groups is 2. The van der Waals surface area contributed by atoms with Crippen molar-refractivity contribution in [3.63, 3.8) is 0 Å². The highest BCUT2D eigenvalue weighted by Gasteiger charge is 2.60. The fourth-order valence-corrected chi connectivity index (χ4v) is 5.90. The van der Waals surface area contributed by atoms with Gasteiger partial charge in [0.15, 0.2) is 5.65 Å². The van der Waals surface area contributed by atoms with Crippen LogP contribution in [0.5, 0.6) is 5.88 Å². The van der Waals surface area contributed by atoms with Crippen LogP contribution in [0.15, 0.2) is 29.2 Å². The van der Waals surface area contributed by atoms with Gasteiger partial charge in [0, 0.05) is 29.2 Å². The predicted molar refractivity (Wildman–Crippen MR) is 150 cm³/mol. The molecule has 4 heterocycles. The zero-order chi connectivity index (χ0) is 34.1. The molecule has 0 radical (unpaired) electrons. The third-order valence-electron chi connectivity index (χ3n) is 8.06. The Morgan fingerprint density at radius 2 is 2.10 bits per heavy atom. The highest BCUT2D eigenvalue weighted by atomic mass is 16.5. The van der Waals surface area contributed by atoms with E-state index in [-0.39, 0.29) is 29.2 Å². The lowest BCUT2D eigenvalue weighted by atomic mass is 10.2. The van der Waals surface area contributed by atoms with Crippen LogP contribution in [0.2, 0.25) is 0 Å². The van der Waals surface area contributed by atoms with E-state index in [0.29, 0.717) is 53.2 Å². The number of methoxy groups -OCH3 is 1. The zero-order valence-electron chi connectivity index (χ0n) is 28.4. The molecule has 216 valence electrons. The lowest BCUT2D eigenvalue weighted by Gasteiger charge is -2.15. The summed E-state index contributed by atoms with van der Waals surface area (Å²) in [5.74, 6) is 0.294. The normalized spacial score (nSPS) is 26.3. The minimum absolute atomic E-state index is 0.0587. The number of nitrogens with zero attached hydrogens (tertiary/aromatic N) is 6. The molecular weight excluding hydrogens is 530 g/mol. The Labute approximate surface area is 243 Å². The van der Waals surface area contributed by atoms with Crippen molar-refractivity contribution in [3.8, 4) is 5.88 Å². The van der Waals surface area contributed by atoms with Gasteiger partial charge in [0.1, 0.15) is 17.2 Å². The Morgan fingerprint density at radius 1 is 1.27 bits per heavy atom. The second kappa shape index (κ2) is 9.78. The van der Waals surface area contributed by atoms with Crippen LogP contribution < -0.4 is 26.8 Å². The lowest BCUT2D eigenvalue weighted by Crippen LogP contribution is -2.36. The average molecular weight is 570 g/mol. The Hall–Kier alpha value is -4.62. The number of primary amides is 1. The summed E-state index contributed by atoms with van der Waals surface area (Å²) in [6.07, 6.45) is 1.69. The van der Waals surface area contributed by atoms with Crippen molar-refractivity contribution in [1.82, 2.24) is 34.2 Å². The monoisotopic (exact) mass is 569 g/mol. The fraction of sp³-hybridized carbons (Fsp3) is 0.481. The van der Waals surface area contributed by atoms with E-state index in [2.05, 4.69) is 25.5 Å². The smallest absolute Gasteiger partial charge is 0.407 e. The number of amides is 2. The first kappa shape index (κ1) is 20.3. The number of hydrogen-bond acceptors (Lipinski definition) is 9. The second-order valence-electron chi connectivity index (χ2n) is 10.5. The lowest BCUT2D eigenvalue weighted by molar-refractivity contribution is -0.123. The summed E-state index contributed by atoms with van der Waals surface area (Å²) in [7, 11) is -2.91. The van der Waals surface area contributed by atoms with E-state index >= 15 is 0 Å². The topological polar surface area (TPSA) is 173 Å². The van der Waals surface area contributed by atoms with Crippen LogP contribution in [-0.4, -0.2) is 60.6 Å². The number of ether oxygens (including phenoxy) is 2. The molecular formula is C27H33N9O5. The van der Waals surface area contributed by atoms with Gasteiger partial charge in [0.25, 0.3) is 0 Å². The molecule has 4 aromatic heterocycles. The standard InChI is InChI=1S/C27H33N9O5/c1-5-41-23-17-8-9-20(32-22(17)36(33-23)27(24(28)37)12-14(27)2)31-21-11-18-19(13-29-21)34(3)26(39)35(18)16-7-6-15(10-16)30-25(38)40-4/h8-9,11,13-16H,5-7,10,12H2,1-4H3,(H2,28,37)(H,30,38)(H,29,31,32)/t14-,15+,16+,27-/m0/s1/i3D3,4D3. The number of aryl methyl sites for hydroxylation is 1. The van der Waals surface area contributed by atoms with E-state index in [9.17, 15) is 14.4 Å². The average Bonchev–Trinajstić information content (AvgIpc) is 3.22. The highest BCUT2D eigenvalue weighted by molar-refractivity contribution is 5.91. The molecule has 0 aliphatic heterocycles. The van der Waals surface area contributed by atoms with Crippen LogP contribution in [0, 0.1) is 5.92 Å². The number of aromatic nitrogens is 6. The summed E-state index contributed by atoms with van der Waals surface area (Å²) in [6, 6.07) is 3.91. The van der Waals surface area contributed by atoms with Gasteiger partial charge in [-0.2, -0.15) is 0 Å². The quantitative estimate of drug-likeness (QED) is 0.288. The van der Waals surface area contributed by atoms with Crippen molar-refractivity contribution in [2.45, 2.75) is 57.2 Å². The minimum atomic E-state index is -2.91. The number of pyridine rings is 2.